The minimum absolute atomic E-state index is 0.0146. The van der Waals surface area contributed by atoms with Crippen LogP contribution in [0, 0.1) is 31.4 Å². The molecule has 0 radical (unpaired) electrons. The van der Waals surface area contributed by atoms with Crippen LogP contribution in [0.3, 0.4) is 0 Å². The molecule has 63 heavy (non-hydrogen) atoms. The van der Waals surface area contributed by atoms with Crippen LogP contribution in [0.5, 0.6) is 0 Å². The molecule has 1 amide bonds. The SMILES string of the molecule is CNc1c(-n2c(C(Cc3cc(F)cc(F)c3)NC(=O)Cn3nc(C(F)(F)F)c4c3C(C)(F)C3CC43)nc3cc(-c4nc(C)cc(C)n4)ccc3c2=O)ccc(Cl)c1C(N)=N[S+](C)[O-]. The molecule has 3 aromatic carbocycles. The Hall–Kier alpha value is -5.99. The Labute approximate surface area is 363 Å². The average molecular weight is 911 g/mol. The second kappa shape index (κ2) is 16.0. The van der Waals surface area contributed by atoms with Gasteiger partial charge in [-0.15, -0.1) is 0 Å². The molecule has 2 aliphatic rings. The minimum Gasteiger partial charge on any atom is -0.591 e. The summed E-state index contributed by atoms with van der Waals surface area (Å²) >= 11 is 4.82. The first-order valence-corrected chi connectivity index (χ1v) is 21.2. The van der Waals surface area contributed by atoms with Crippen molar-refractivity contribution in [3.63, 3.8) is 0 Å². The number of nitrogens with two attached hydrogens (primary N) is 1. The number of fused-ring (bicyclic) bond motifs is 4. The molecular weight excluding hydrogens is 874 g/mol. The van der Waals surface area contributed by atoms with Gasteiger partial charge in [-0.2, -0.15) is 18.3 Å². The molecule has 3 aromatic heterocycles. The summed E-state index contributed by atoms with van der Waals surface area (Å²) in [6.45, 7) is 3.81. The lowest BCUT2D eigenvalue weighted by Gasteiger charge is -2.25. The van der Waals surface area contributed by atoms with Crippen LogP contribution in [-0.4, -0.2) is 58.9 Å². The van der Waals surface area contributed by atoms with Gasteiger partial charge in [-0.05, 0) is 85.5 Å². The summed E-state index contributed by atoms with van der Waals surface area (Å²) in [6, 6.07) is 10.4. The molecule has 1 fully saturated rings. The van der Waals surface area contributed by atoms with Gasteiger partial charge in [0.25, 0.3) is 5.56 Å². The van der Waals surface area contributed by atoms with E-state index in [1.54, 1.807) is 32.0 Å². The van der Waals surface area contributed by atoms with Crippen molar-refractivity contribution >= 4 is 51.3 Å². The lowest BCUT2D eigenvalue weighted by Crippen LogP contribution is -2.38. The maximum absolute atomic E-state index is 16.2. The van der Waals surface area contributed by atoms with Crippen molar-refractivity contribution in [2.75, 3.05) is 18.6 Å². The van der Waals surface area contributed by atoms with Crippen LogP contribution in [0.15, 0.2) is 63.8 Å². The molecule has 8 rings (SSSR count). The molecular formula is C42H37ClF6N10O3S. The first-order chi connectivity index (χ1) is 29.7. The minimum atomic E-state index is -4.95. The number of amides is 1. The predicted molar refractivity (Wildman–Crippen MR) is 225 cm³/mol. The summed E-state index contributed by atoms with van der Waals surface area (Å²) in [5, 5.41) is 9.45. The lowest BCUT2D eigenvalue weighted by atomic mass is 10.0. The fourth-order valence-corrected chi connectivity index (χ4v) is 9.23. The molecule has 5 atom stereocenters. The molecule has 0 saturated heterocycles. The molecule has 0 aliphatic heterocycles. The van der Waals surface area contributed by atoms with Gasteiger partial charge in [-0.25, -0.2) is 28.1 Å². The van der Waals surface area contributed by atoms with Crippen LogP contribution in [0.4, 0.5) is 32.0 Å². The van der Waals surface area contributed by atoms with Crippen molar-refractivity contribution < 1.29 is 35.7 Å². The highest BCUT2D eigenvalue weighted by Crippen LogP contribution is 2.67. The van der Waals surface area contributed by atoms with Gasteiger partial charge in [0.05, 0.1) is 56.0 Å². The van der Waals surface area contributed by atoms with Crippen molar-refractivity contribution in [3.8, 4) is 17.1 Å². The zero-order chi connectivity index (χ0) is 45.4. The Kier molecular flexibility index (Phi) is 11.1. The number of carbonyl (C=O) groups excluding carboxylic acids is 1. The fourth-order valence-electron chi connectivity index (χ4n) is 8.61. The predicted octanol–water partition coefficient (Wildman–Crippen LogP) is 7.05. The van der Waals surface area contributed by atoms with Crippen LogP contribution in [0.25, 0.3) is 28.0 Å². The summed E-state index contributed by atoms with van der Waals surface area (Å²) < 4.78 is 107. The smallest absolute Gasteiger partial charge is 0.435 e. The Morgan fingerprint density at radius 3 is 2.40 bits per heavy atom. The van der Waals surface area contributed by atoms with Crippen molar-refractivity contribution in [1.29, 1.82) is 0 Å². The number of benzene rings is 3. The molecule has 13 nitrogen and oxygen atoms in total. The number of hydrogen-bond acceptors (Lipinski definition) is 9. The number of nitrogens with zero attached hydrogens (tertiary/aromatic N) is 7. The van der Waals surface area contributed by atoms with Crippen LogP contribution in [0.1, 0.15) is 70.6 Å². The number of aryl methyl sites for hydroxylation is 2. The average Bonchev–Trinajstić information content (AvgIpc) is 3.84. The first kappa shape index (κ1) is 43.7. The number of amidine groups is 1. The molecule has 2 aliphatic carbocycles. The van der Waals surface area contributed by atoms with E-state index in [2.05, 4.69) is 30.1 Å². The highest BCUT2D eigenvalue weighted by atomic mass is 35.5. The number of nitrogens with one attached hydrogen (secondary N) is 2. The fraction of sp³-hybridized carbons (Fsp3) is 0.310. The third kappa shape index (κ3) is 8.10. The number of alkyl halides is 4. The zero-order valence-electron chi connectivity index (χ0n) is 34.0. The second-order valence-electron chi connectivity index (χ2n) is 15.7. The summed E-state index contributed by atoms with van der Waals surface area (Å²) in [5.74, 6) is -4.55. The van der Waals surface area contributed by atoms with E-state index in [1.165, 1.54) is 31.5 Å². The number of carbonyl (C=O) groups is 1. The number of anilines is 1. The highest BCUT2D eigenvalue weighted by Gasteiger charge is 2.65. The third-order valence-corrected chi connectivity index (χ3v) is 11.9. The van der Waals surface area contributed by atoms with E-state index >= 15 is 9.18 Å². The summed E-state index contributed by atoms with van der Waals surface area (Å²) in [7, 11) is 1.49. The standard InChI is InChI=1S/C42H37ClF6N10O3S/c1-18-10-19(2)53-38(52-18)21-6-7-24-28(14-21)55-39(59(40(24)61)30-9-8-27(43)33(34(30)51-4)37(50)57-63(5)62)29(13-20-11-22(44)15-23(45)12-20)54-31(60)17-58-36-32(35(56-58)42(47,48)49)25-16-26(25)41(36,3)46/h6-12,14-15,25-26,29,51H,13,16-17H2,1-5H3,(H2,50,57)(H,54,60). The monoisotopic (exact) mass is 910 g/mol. The zero-order valence-corrected chi connectivity index (χ0v) is 35.6. The van der Waals surface area contributed by atoms with Crippen molar-refractivity contribution in [2.45, 2.75) is 64.0 Å². The quantitative estimate of drug-likeness (QED) is 0.0532. The molecule has 0 spiro atoms. The van der Waals surface area contributed by atoms with Crippen LogP contribution < -0.4 is 21.9 Å². The van der Waals surface area contributed by atoms with Gasteiger partial charge in [0.15, 0.2) is 23.0 Å². The number of halogens is 7. The number of hydrogen-bond donors (Lipinski definition) is 3. The van der Waals surface area contributed by atoms with Crippen LogP contribution >= 0.6 is 11.6 Å². The van der Waals surface area contributed by atoms with E-state index in [9.17, 15) is 31.3 Å². The van der Waals surface area contributed by atoms with Gasteiger partial charge in [-0.3, -0.25) is 18.8 Å². The maximum Gasteiger partial charge on any atom is 0.435 e. The van der Waals surface area contributed by atoms with E-state index in [4.69, 9.17) is 22.3 Å². The number of aromatic nitrogens is 6. The summed E-state index contributed by atoms with van der Waals surface area (Å²) in [5.41, 5.74) is 3.41. The third-order valence-electron chi connectivity index (χ3n) is 11.1. The molecule has 21 heteroatoms. The Morgan fingerprint density at radius 1 is 1.08 bits per heavy atom. The Bertz CT molecular complexity index is 2910. The van der Waals surface area contributed by atoms with E-state index in [-0.39, 0.29) is 67.8 Å². The lowest BCUT2D eigenvalue weighted by molar-refractivity contribution is -0.142. The van der Waals surface area contributed by atoms with Gasteiger partial charge in [0.2, 0.25) is 5.91 Å². The van der Waals surface area contributed by atoms with E-state index in [1.807, 2.05) is 0 Å². The topological polar surface area (TPSA) is 181 Å². The van der Waals surface area contributed by atoms with Gasteiger partial charge in [-0.1, -0.05) is 17.7 Å². The Morgan fingerprint density at radius 2 is 1.76 bits per heavy atom. The van der Waals surface area contributed by atoms with Crippen LogP contribution in [0.2, 0.25) is 5.02 Å². The molecule has 0 bridgehead atoms. The highest BCUT2D eigenvalue weighted by molar-refractivity contribution is 7.89. The summed E-state index contributed by atoms with van der Waals surface area (Å²) in [6.07, 6.45) is -3.91. The van der Waals surface area contributed by atoms with E-state index in [0.717, 1.165) is 23.6 Å². The molecule has 1 saturated carbocycles. The van der Waals surface area contributed by atoms with E-state index < -0.39 is 82.8 Å². The van der Waals surface area contributed by atoms with E-state index in [0.29, 0.717) is 33.5 Å². The van der Waals surface area contributed by atoms with Gasteiger partial charge >= 0.3 is 6.18 Å². The molecule has 3 heterocycles. The van der Waals surface area contributed by atoms with Crippen molar-refractivity contribution in [1.82, 2.24) is 34.6 Å². The molecule has 328 valence electrons. The Balaban J connectivity index is 1.35. The maximum atomic E-state index is 16.2. The first-order valence-electron chi connectivity index (χ1n) is 19.4. The van der Waals surface area contributed by atoms with Gasteiger partial charge in [0.1, 0.15) is 30.3 Å². The molecule has 5 unspecified atom stereocenters. The van der Waals surface area contributed by atoms with Crippen LogP contribution in [-0.2, 0) is 41.0 Å². The largest absolute Gasteiger partial charge is 0.591 e. The van der Waals surface area contributed by atoms with Gasteiger partial charge in [0, 0.05) is 48.0 Å². The van der Waals surface area contributed by atoms with Crippen molar-refractivity contribution in [2.24, 2.45) is 16.0 Å². The van der Waals surface area contributed by atoms with Gasteiger partial charge < -0.3 is 20.9 Å². The normalized spacial score (nSPS) is 19.2. The second-order valence-corrected chi connectivity index (χ2v) is 17.1. The summed E-state index contributed by atoms with van der Waals surface area (Å²) in [4.78, 5) is 43.2. The molecule has 4 N–H and O–H groups in total. The van der Waals surface area contributed by atoms with Crippen molar-refractivity contribution in [3.05, 3.63) is 127 Å². The molecule has 6 aromatic rings. The number of rotatable bonds is 11.